The zero-order valence-corrected chi connectivity index (χ0v) is 20.2. The molecule has 34 heavy (non-hydrogen) atoms. The van der Waals surface area contributed by atoms with Gasteiger partial charge in [-0.15, -0.1) is 0 Å². The Kier molecular flexibility index (Phi) is 8.42. The first kappa shape index (κ1) is 25.4. The molecule has 0 bridgehead atoms. The van der Waals surface area contributed by atoms with Crippen molar-refractivity contribution in [2.75, 3.05) is 57.2 Å². The van der Waals surface area contributed by atoms with E-state index in [2.05, 4.69) is 15.2 Å². The Bertz CT molecular complexity index is 1090. The fraction of sp³-hybridized carbons (Fsp3) is 0.409. The van der Waals surface area contributed by atoms with Gasteiger partial charge in [0.2, 0.25) is 0 Å². The first-order valence-corrected chi connectivity index (χ1v) is 12.3. The first-order chi connectivity index (χ1) is 16.3. The minimum atomic E-state index is -3.75. The van der Waals surface area contributed by atoms with Crippen molar-refractivity contribution < 1.29 is 27.6 Å². The lowest BCUT2D eigenvalue weighted by atomic mass is 10.2. The predicted molar refractivity (Wildman–Crippen MR) is 126 cm³/mol. The van der Waals surface area contributed by atoms with Gasteiger partial charge in [0.15, 0.2) is 0 Å². The normalized spacial score (nSPS) is 14.6. The largest absolute Gasteiger partial charge is 0.462 e. The molecule has 1 aromatic carbocycles. The lowest BCUT2D eigenvalue weighted by Gasteiger charge is -2.23. The highest BCUT2D eigenvalue weighted by Gasteiger charge is 2.22. The molecule has 184 valence electrons. The number of sulfonamides is 1. The van der Waals surface area contributed by atoms with Crippen LogP contribution in [-0.2, 0) is 19.6 Å². The summed E-state index contributed by atoms with van der Waals surface area (Å²) in [5.74, 6) is 0.324. The number of ether oxygens (including phenoxy) is 1. The van der Waals surface area contributed by atoms with E-state index < -0.39 is 16.0 Å². The second kappa shape index (κ2) is 11.3. The number of hydrogen-bond donors (Lipinski definition) is 1. The molecular weight excluding hydrogens is 462 g/mol. The average molecular weight is 492 g/mol. The lowest BCUT2D eigenvalue weighted by molar-refractivity contribution is -0.0258. The molecule has 2 aromatic rings. The van der Waals surface area contributed by atoms with Crippen molar-refractivity contribution in [2.24, 2.45) is 0 Å². The van der Waals surface area contributed by atoms with Crippen LogP contribution in [0.25, 0.3) is 0 Å². The van der Waals surface area contributed by atoms with E-state index in [9.17, 15) is 18.0 Å². The number of urea groups is 1. The number of amides is 2. The molecule has 2 amide bonds. The van der Waals surface area contributed by atoms with Crippen LogP contribution in [0.4, 0.5) is 16.3 Å². The molecular formula is C22H29N5O6S. The number of nitrogens with one attached hydrogen (secondary N) is 1. The Morgan fingerprint density at radius 2 is 1.82 bits per heavy atom. The van der Waals surface area contributed by atoms with Crippen molar-refractivity contribution in [3.63, 3.8) is 0 Å². The van der Waals surface area contributed by atoms with Crippen LogP contribution in [0.1, 0.15) is 23.7 Å². The standard InChI is InChI=1S/C22H29N5O6S/c1-4-33-21(28)17-6-11-20(23-16-17)26-12-5-13-27(15-14-26)22(29)24-18-7-9-19(10-8-18)34(30,31)25(2)32-3/h6-11,16H,4-5,12-15H2,1-3H3,(H,24,29). The summed E-state index contributed by atoms with van der Waals surface area (Å²) >= 11 is 0. The van der Waals surface area contributed by atoms with E-state index in [0.717, 1.165) is 23.3 Å². The highest BCUT2D eigenvalue weighted by molar-refractivity contribution is 7.89. The van der Waals surface area contributed by atoms with Crippen molar-refractivity contribution in [2.45, 2.75) is 18.2 Å². The van der Waals surface area contributed by atoms with E-state index in [1.54, 1.807) is 24.0 Å². The fourth-order valence-electron chi connectivity index (χ4n) is 3.42. The minimum absolute atomic E-state index is 0.0572. The fourth-order valence-corrected chi connectivity index (χ4v) is 4.39. The van der Waals surface area contributed by atoms with Gasteiger partial charge < -0.3 is 19.9 Å². The number of carbonyl (C=O) groups excluding carboxylic acids is 2. The van der Waals surface area contributed by atoms with Crippen LogP contribution in [0.15, 0.2) is 47.5 Å². The topological polar surface area (TPSA) is 121 Å². The first-order valence-electron chi connectivity index (χ1n) is 10.8. The smallest absolute Gasteiger partial charge is 0.339 e. The Hall–Kier alpha value is -3.22. The van der Waals surface area contributed by atoms with Gasteiger partial charge in [-0.1, -0.05) is 4.47 Å². The molecule has 1 saturated heterocycles. The molecule has 0 spiro atoms. The van der Waals surface area contributed by atoms with E-state index in [-0.39, 0.29) is 10.9 Å². The van der Waals surface area contributed by atoms with Crippen LogP contribution in [0, 0.1) is 0 Å². The van der Waals surface area contributed by atoms with Gasteiger partial charge in [-0.25, -0.2) is 23.0 Å². The highest BCUT2D eigenvalue weighted by atomic mass is 32.2. The van der Waals surface area contributed by atoms with E-state index in [1.165, 1.54) is 44.6 Å². The van der Waals surface area contributed by atoms with Gasteiger partial charge in [0.25, 0.3) is 10.0 Å². The van der Waals surface area contributed by atoms with Crippen LogP contribution in [0.2, 0.25) is 0 Å². The predicted octanol–water partition coefficient (Wildman–Crippen LogP) is 2.18. The summed E-state index contributed by atoms with van der Waals surface area (Å²) in [5, 5.41) is 2.81. The number of aromatic nitrogens is 1. The highest BCUT2D eigenvalue weighted by Crippen LogP contribution is 2.19. The minimum Gasteiger partial charge on any atom is -0.462 e. The maximum Gasteiger partial charge on any atom is 0.339 e. The summed E-state index contributed by atoms with van der Waals surface area (Å²) in [4.78, 5) is 37.5. The average Bonchev–Trinajstić information content (AvgIpc) is 3.10. The SMILES string of the molecule is CCOC(=O)c1ccc(N2CCCN(C(=O)Nc3ccc(S(=O)(=O)N(C)OC)cc3)CC2)nc1. The summed E-state index contributed by atoms with van der Waals surface area (Å²) in [6.07, 6.45) is 2.24. The molecule has 2 heterocycles. The van der Waals surface area contributed by atoms with E-state index in [1.807, 2.05) is 0 Å². The molecule has 1 aliphatic heterocycles. The number of rotatable bonds is 7. The maximum absolute atomic E-state index is 12.8. The van der Waals surface area contributed by atoms with Gasteiger partial charge in [-0.3, -0.25) is 4.84 Å². The quantitative estimate of drug-likeness (QED) is 0.462. The van der Waals surface area contributed by atoms with Gasteiger partial charge in [0.05, 0.1) is 24.2 Å². The van der Waals surface area contributed by atoms with Crippen molar-refractivity contribution in [1.29, 1.82) is 0 Å². The van der Waals surface area contributed by atoms with Crippen molar-refractivity contribution >= 4 is 33.5 Å². The molecule has 1 fully saturated rings. The molecule has 1 N–H and O–H groups in total. The third-order valence-corrected chi connectivity index (χ3v) is 7.06. The van der Waals surface area contributed by atoms with Crippen LogP contribution in [0.5, 0.6) is 0 Å². The van der Waals surface area contributed by atoms with Crippen LogP contribution >= 0.6 is 0 Å². The zero-order chi connectivity index (χ0) is 24.7. The van der Waals surface area contributed by atoms with Gasteiger partial charge >= 0.3 is 12.0 Å². The molecule has 11 nitrogen and oxygen atoms in total. The Morgan fingerprint density at radius 3 is 2.44 bits per heavy atom. The monoisotopic (exact) mass is 491 g/mol. The summed E-state index contributed by atoms with van der Waals surface area (Å²) < 4.78 is 30.3. The molecule has 0 radical (unpaired) electrons. The second-order valence-corrected chi connectivity index (χ2v) is 9.44. The lowest BCUT2D eigenvalue weighted by Crippen LogP contribution is -2.38. The second-order valence-electron chi connectivity index (χ2n) is 7.51. The Labute approximate surface area is 199 Å². The molecule has 0 atom stereocenters. The van der Waals surface area contributed by atoms with Crippen molar-refractivity contribution in [3.05, 3.63) is 48.2 Å². The van der Waals surface area contributed by atoms with Gasteiger partial charge in [-0.2, -0.15) is 0 Å². The number of hydrogen-bond acceptors (Lipinski definition) is 8. The number of carbonyl (C=O) groups is 2. The van der Waals surface area contributed by atoms with Crippen LogP contribution < -0.4 is 10.2 Å². The number of esters is 1. The molecule has 0 saturated carbocycles. The molecule has 3 rings (SSSR count). The number of hydroxylamine groups is 1. The number of pyridine rings is 1. The Balaban J connectivity index is 1.58. The van der Waals surface area contributed by atoms with Gasteiger partial charge in [0, 0.05) is 45.1 Å². The summed E-state index contributed by atoms with van der Waals surface area (Å²) in [6.45, 7) is 4.40. The van der Waals surface area contributed by atoms with Crippen molar-refractivity contribution in [1.82, 2.24) is 14.4 Å². The van der Waals surface area contributed by atoms with Crippen molar-refractivity contribution in [3.8, 4) is 0 Å². The van der Waals surface area contributed by atoms with Crippen LogP contribution in [-0.4, -0.2) is 81.7 Å². The number of nitrogens with zero attached hydrogens (tertiary/aromatic N) is 4. The Morgan fingerprint density at radius 1 is 1.09 bits per heavy atom. The number of anilines is 2. The van der Waals surface area contributed by atoms with E-state index >= 15 is 0 Å². The molecule has 1 aliphatic rings. The molecule has 1 aromatic heterocycles. The molecule has 0 aliphatic carbocycles. The molecule has 0 unspecified atom stereocenters. The third-order valence-electron chi connectivity index (χ3n) is 5.37. The number of benzene rings is 1. The van der Waals surface area contributed by atoms with Crippen LogP contribution in [0.3, 0.4) is 0 Å². The summed E-state index contributed by atoms with van der Waals surface area (Å²) in [7, 11) is -1.18. The maximum atomic E-state index is 12.8. The third kappa shape index (κ3) is 6.01. The summed E-state index contributed by atoms with van der Waals surface area (Å²) in [5.41, 5.74) is 0.885. The zero-order valence-electron chi connectivity index (χ0n) is 19.4. The van der Waals surface area contributed by atoms with Gasteiger partial charge in [-0.05, 0) is 49.7 Å². The molecule has 12 heteroatoms. The van der Waals surface area contributed by atoms with E-state index in [4.69, 9.17) is 9.57 Å². The summed E-state index contributed by atoms with van der Waals surface area (Å²) in [6, 6.07) is 9.09. The van der Waals surface area contributed by atoms with E-state index in [0.29, 0.717) is 37.5 Å². The van der Waals surface area contributed by atoms with Gasteiger partial charge in [0.1, 0.15) is 5.82 Å².